The lowest BCUT2D eigenvalue weighted by Gasteiger charge is -2.10. The molecule has 4 aromatic rings. The molecule has 1 aromatic heterocycles. The number of hydrogen-bond acceptors (Lipinski definition) is 6. The minimum atomic E-state index is 0.157. The number of para-hydroxylation sites is 1. The van der Waals surface area contributed by atoms with E-state index in [1.807, 2.05) is 61.5 Å². The number of hydrazone groups is 1. The van der Waals surface area contributed by atoms with Gasteiger partial charge >= 0.3 is 0 Å². The average Bonchev–Trinajstić information content (AvgIpc) is 2.80. The van der Waals surface area contributed by atoms with Gasteiger partial charge in [-0.1, -0.05) is 42.5 Å². The first kappa shape index (κ1) is 20.1. The molecule has 0 saturated carbocycles. The van der Waals surface area contributed by atoms with Crippen molar-refractivity contribution in [1.82, 2.24) is 9.97 Å². The maximum Gasteiger partial charge on any atom is 0.244 e. The molecule has 1 heterocycles. The summed E-state index contributed by atoms with van der Waals surface area (Å²) in [4.78, 5) is 9.23. The second-order valence-electron chi connectivity index (χ2n) is 7.16. The molecular formula is C25H22N4O2. The first-order chi connectivity index (χ1) is 15.0. The lowest BCUT2D eigenvalue weighted by molar-refractivity contribution is 0.471. The van der Waals surface area contributed by atoms with Gasteiger partial charge < -0.3 is 10.2 Å². The zero-order valence-electron chi connectivity index (χ0n) is 17.2. The zero-order valence-corrected chi connectivity index (χ0v) is 17.2. The summed E-state index contributed by atoms with van der Waals surface area (Å²) in [5, 5.41) is 24.3. The Morgan fingerprint density at radius 1 is 0.774 bits per heavy atom. The predicted octanol–water partition coefficient (Wildman–Crippen LogP) is 5.37. The van der Waals surface area contributed by atoms with Crippen LogP contribution in [0.4, 0.5) is 5.95 Å². The number of rotatable bonds is 5. The fraction of sp³-hybridized carbons (Fsp3) is 0.0800. The van der Waals surface area contributed by atoms with Crippen LogP contribution in [0.5, 0.6) is 11.5 Å². The van der Waals surface area contributed by atoms with Gasteiger partial charge in [0.1, 0.15) is 11.5 Å². The Balaban J connectivity index is 1.75. The second-order valence-corrected chi connectivity index (χ2v) is 7.16. The molecule has 0 aliphatic rings. The molecule has 6 nitrogen and oxygen atoms in total. The van der Waals surface area contributed by atoms with E-state index in [0.29, 0.717) is 22.9 Å². The highest BCUT2D eigenvalue weighted by Crippen LogP contribution is 2.28. The van der Waals surface area contributed by atoms with E-state index in [0.717, 1.165) is 22.4 Å². The van der Waals surface area contributed by atoms with Crippen molar-refractivity contribution in [2.45, 2.75) is 13.8 Å². The molecule has 0 atom stereocenters. The van der Waals surface area contributed by atoms with Crippen molar-refractivity contribution in [1.29, 1.82) is 0 Å². The molecular weight excluding hydrogens is 388 g/mol. The molecule has 0 unspecified atom stereocenters. The van der Waals surface area contributed by atoms with E-state index in [-0.39, 0.29) is 11.5 Å². The molecule has 3 N–H and O–H groups in total. The van der Waals surface area contributed by atoms with Crippen molar-refractivity contribution in [3.8, 4) is 34.0 Å². The van der Waals surface area contributed by atoms with Crippen LogP contribution in [0.15, 0.2) is 84.0 Å². The third kappa shape index (κ3) is 4.53. The minimum Gasteiger partial charge on any atom is -0.508 e. The summed E-state index contributed by atoms with van der Waals surface area (Å²) >= 11 is 0. The number of phenols is 2. The summed E-state index contributed by atoms with van der Waals surface area (Å²) in [6.45, 7) is 3.64. The highest BCUT2D eigenvalue weighted by molar-refractivity contribution is 6.01. The third-order valence-electron chi connectivity index (χ3n) is 4.91. The summed E-state index contributed by atoms with van der Waals surface area (Å²) < 4.78 is 0. The van der Waals surface area contributed by atoms with E-state index >= 15 is 0 Å². The molecule has 3 aromatic carbocycles. The van der Waals surface area contributed by atoms with Gasteiger partial charge in [0.15, 0.2) is 0 Å². The van der Waals surface area contributed by atoms with E-state index in [2.05, 4.69) is 20.5 Å². The Kier molecular flexibility index (Phi) is 5.62. The van der Waals surface area contributed by atoms with Gasteiger partial charge in [-0.2, -0.15) is 5.10 Å². The van der Waals surface area contributed by atoms with Crippen LogP contribution in [0.1, 0.15) is 18.1 Å². The molecule has 6 heteroatoms. The van der Waals surface area contributed by atoms with Crippen LogP contribution in [0.25, 0.3) is 22.5 Å². The van der Waals surface area contributed by atoms with Crippen LogP contribution in [-0.4, -0.2) is 25.9 Å². The van der Waals surface area contributed by atoms with Crippen molar-refractivity contribution in [2.75, 3.05) is 5.43 Å². The maximum absolute atomic E-state index is 10.1. The predicted molar refractivity (Wildman–Crippen MR) is 123 cm³/mol. The molecule has 0 fully saturated rings. The summed E-state index contributed by atoms with van der Waals surface area (Å²) in [5.41, 5.74) is 8.18. The fourth-order valence-corrected chi connectivity index (χ4v) is 3.19. The smallest absolute Gasteiger partial charge is 0.244 e. The number of anilines is 1. The second kappa shape index (κ2) is 8.67. The first-order valence-corrected chi connectivity index (χ1v) is 9.84. The molecule has 0 amide bonds. The number of aromatic hydroxyl groups is 2. The summed E-state index contributed by atoms with van der Waals surface area (Å²) in [7, 11) is 0. The monoisotopic (exact) mass is 410 g/mol. The normalized spacial score (nSPS) is 11.4. The number of nitrogens with one attached hydrogen (secondary N) is 1. The average molecular weight is 410 g/mol. The van der Waals surface area contributed by atoms with Gasteiger partial charge in [-0.05, 0) is 55.8 Å². The molecule has 0 radical (unpaired) electrons. The van der Waals surface area contributed by atoms with Crippen LogP contribution >= 0.6 is 0 Å². The summed E-state index contributed by atoms with van der Waals surface area (Å²) in [6, 6.07) is 24.1. The van der Waals surface area contributed by atoms with Crippen LogP contribution in [0.3, 0.4) is 0 Å². The van der Waals surface area contributed by atoms with Crippen molar-refractivity contribution < 1.29 is 10.2 Å². The molecule has 154 valence electrons. The standard InChI is InChI=1S/C25H22N4O2/c1-16-14-19(12-13-23(16)30)22-15-21(18-8-4-3-5-9-18)26-25(27-22)29-28-17(2)20-10-6-7-11-24(20)31/h3-15,30-31H,1-2H3,(H,26,27,29). The number of hydrogen-bond donors (Lipinski definition) is 3. The first-order valence-electron chi connectivity index (χ1n) is 9.84. The lowest BCUT2D eigenvalue weighted by atomic mass is 10.1. The van der Waals surface area contributed by atoms with E-state index < -0.39 is 0 Å². The Hall–Kier alpha value is -4.19. The number of benzene rings is 3. The quantitative estimate of drug-likeness (QED) is 0.304. The molecule has 31 heavy (non-hydrogen) atoms. The van der Waals surface area contributed by atoms with Gasteiger partial charge in [0, 0.05) is 16.7 Å². The van der Waals surface area contributed by atoms with E-state index in [9.17, 15) is 10.2 Å². The Labute approximate surface area is 180 Å². The van der Waals surface area contributed by atoms with Gasteiger partial charge in [-0.15, -0.1) is 0 Å². The SMILES string of the molecule is CC(=NNc1nc(-c2ccccc2)cc(-c2ccc(O)c(C)c2)n1)c1ccccc1O. The molecule has 0 aliphatic carbocycles. The summed E-state index contributed by atoms with van der Waals surface area (Å²) in [6.07, 6.45) is 0. The van der Waals surface area contributed by atoms with Gasteiger partial charge in [-0.3, -0.25) is 0 Å². The van der Waals surface area contributed by atoms with Gasteiger partial charge in [0.2, 0.25) is 5.95 Å². The highest BCUT2D eigenvalue weighted by atomic mass is 16.3. The third-order valence-corrected chi connectivity index (χ3v) is 4.91. The zero-order chi connectivity index (χ0) is 21.8. The molecule has 4 rings (SSSR count). The molecule has 0 spiro atoms. The van der Waals surface area contributed by atoms with E-state index in [4.69, 9.17) is 0 Å². The highest BCUT2D eigenvalue weighted by Gasteiger charge is 2.10. The number of phenolic OH excluding ortho intramolecular Hbond substituents is 2. The topological polar surface area (TPSA) is 90.6 Å². The van der Waals surface area contributed by atoms with Crippen molar-refractivity contribution in [3.63, 3.8) is 0 Å². The van der Waals surface area contributed by atoms with Crippen molar-refractivity contribution in [3.05, 3.63) is 90.0 Å². The van der Waals surface area contributed by atoms with Crippen molar-refractivity contribution >= 4 is 11.7 Å². The lowest BCUT2D eigenvalue weighted by Crippen LogP contribution is -2.04. The Morgan fingerprint density at radius 2 is 1.45 bits per heavy atom. The van der Waals surface area contributed by atoms with Crippen LogP contribution in [-0.2, 0) is 0 Å². The largest absolute Gasteiger partial charge is 0.508 e. The van der Waals surface area contributed by atoms with E-state index in [1.165, 1.54) is 0 Å². The summed E-state index contributed by atoms with van der Waals surface area (Å²) in [5.74, 6) is 0.726. The number of aromatic nitrogens is 2. The number of nitrogens with zero attached hydrogens (tertiary/aromatic N) is 3. The van der Waals surface area contributed by atoms with Crippen LogP contribution < -0.4 is 5.43 Å². The van der Waals surface area contributed by atoms with Crippen molar-refractivity contribution in [2.24, 2.45) is 5.10 Å². The van der Waals surface area contributed by atoms with E-state index in [1.54, 1.807) is 31.2 Å². The van der Waals surface area contributed by atoms with Gasteiger partial charge in [0.05, 0.1) is 17.1 Å². The van der Waals surface area contributed by atoms with Crippen LogP contribution in [0, 0.1) is 6.92 Å². The van der Waals surface area contributed by atoms with Gasteiger partial charge in [0.25, 0.3) is 0 Å². The Bertz CT molecular complexity index is 1250. The molecule has 0 aliphatic heterocycles. The fourth-order valence-electron chi connectivity index (χ4n) is 3.19. The molecule has 0 saturated heterocycles. The van der Waals surface area contributed by atoms with Crippen LogP contribution in [0.2, 0.25) is 0 Å². The Morgan fingerprint density at radius 3 is 2.16 bits per heavy atom. The maximum atomic E-state index is 10.1. The number of aryl methyl sites for hydroxylation is 1. The minimum absolute atomic E-state index is 0.157. The van der Waals surface area contributed by atoms with Gasteiger partial charge in [-0.25, -0.2) is 15.4 Å². The molecule has 0 bridgehead atoms.